The lowest BCUT2D eigenvalue weighted by Gasteiger charge is -2.20. The molecule has 0 fully saturated rings. The van der Waals surface area contributed by atoms with E-state index < -0.39 is 0 Å². The van der Waals surface area contributed by atoms with Gasteiger partial charge in [-0.3, -0.25) is 0 Å². The summed E-state index contributed by atoms with van der Waals surface area (Å²) < 4.78 is 5.80. The maximum atomic E-state index is 5.80. The van der Waals surface area contributed by atoms with Crippen molar-refractivity contribution in [2.45, 2.75) is 26.2 Å². The van der Waals surface area contributed by atoms with Gasteiger partial charge in [-0.15, -0.1) is 0 Å². The van der Waals surface area contributed by atoms with Gasteiger partial charge in [0.2, 0.25) is 0 Å². The Balaban J connectivity index is 2.33. The zero-order valence-corrected chi connectivity index (χ0v) is 11.2. The summed E-state index contributed by atoms with van der Waals surface area (Å²) in [7, 11) is 0. The molecule has 0 bridgehead atoms. The normalized spacial score (nSPS) is 15.5. The average molecular weight is 281 g/mol. The second kappa shape index (κ2) is 5.53. The Hall–Kier alpha value is -0.760. The molecule has 0 spiro atoms. The third kappa shape index (κ3) is 2.49. The van der Waals surface area contributed by atoms with E-state index in [1.54, 1.807) is 0 Å². The van der Waals surface area contributed by atoms with Crippen LogP contribution in [0.25, 0.3) is 5.57 Å². The number of allylic oxidation sites excluding steroid dienone is 2. The summed E-state index contributed by atoms with van der Waals surface area (Å²) in [6.45, 7) is 3.02. The van der Waals surface area contributed by atoms with E-state index in [1.165, 1.54) is 16.7 Å². The number of hydrogen-bond acceptors (Lipinski definition) is 1. The standard InChI is InChI=1S/C14H17BrO/c1-11(5-3-9-15)13-8-2-6-12-7-4-10-16-14(12)13/h2,5-6,8H,3-4,7,9-10H2,1H3/b11-5-. The second-order valence-electron chi connectivity index (χ2n) is 4.11. The van der Waals surface area contributed by atoms with Gasteiger partial charge >= 0.3 is 0 Å². The van der Waals surface area contributed by atoms with Crippen molar-refractivity contribution in [2.24, 2.45) is 0 Å². The van der Waals surface area contributed by atoms with Gasteiger partial charge in [0.25, 0.3) is 0 Å². The topological polar surface area (TPSA) is 9.23 Å². The molecule has 86 valence electrons. The van der Waals surface area contributed by atoms with Crippen molar-refractivity contribution in [3.63, 3.8) is 0 Å². The van der Waals surface area contributed by atoms with Gasteiger partial charge in [-0.25, -0.2) is 0 Å². The van der Waals surface area contributed by atoms with Gasteiger partial charge in [0.15, 0.2) is 0 Å². The first-order valence-electron chi connectivity index (χ1n) is 5.80. The minimum Gasteiger partial charge on any atom is -0.493 e. The Morgan fingerprint density at radius 1 is 1.50 bits per heavy atom. The zero-order valence-electron chi connectivity index (χ0n) is 9.63. The minimum atomic E-state index is 0.857. The van der Waals surface area contributed by atoms with Crippen molar-refractivity contribution in [1.29, 1.82) is 0 Å². The molecule has 0 amide bonds. The van der Waals surface area contributed by atoms with E-state index in [9.17, 15) is 0 Å². The first-order chi connectivity index (χ1) is 7.83. The quantitative estimate of drug-likeness (QED) is 0.754. The number of fused-ring (bicyclic) bond motifs is 1. The predicted molar refractivity (Wildman–Crippen MR) is 72.3 cm³/mol. The molecule has 0 saturated heterocycles. The van der Waals surface area contributed by atoms with Gasteiger partial charge < -0.3 is 4.74 Å². The van der Waals surface area contributed by atoms with Crippen LogP contribution in [0.4, 0.5) is 0 Å². The molecule has 1 aromatic rings. The highest BCUT2D eigenvalue weighted by Gasteiger charge is 2.14. The van der Waals surface area contributed by atoms with Crippen molar-refractivity contribution < 1.29 is 4.74 Å². The summed E-state index contributed by atoms with van der Waals surface area (Å²) >= 11 is 3.45. The molecule has 1 aromatic carbocycles. The fourth-order valence-corrected chi connectivity index (χ4v) is 2.31. The molecular formula is C14H17BrO. The van der Waals surface area contributed by atoms with E-state index in [4.69, 9.17) is 4.74 Å². The van der Waals surface area contributed by atoms with Crippen LogP contribution in [0, 0.1) is 0 Å². The van der Waals surface area contributed by atoms with Crippen LogP contribution in [0.2, 0.25) is 0 Å². The molecule has 0 radical (unpaired) electrons. The number of rotatable bonds is 3. The molecule has 0 aliphatic carbocycles. The first-order valence-corrected chi connectivity index (χ1v) is 6.93. The summed E-state index contributed by atoms with van der Waals surface area (Å²) in [4.78, 5) is 0. The molecule has 1 nitrogen and oxygen atoms in total. The molecular weight excluding hydrogens is 264 g/mol. The van der Waals surface area contributed by atoms with Gasteiger partial charge in [-0.1, -0.05) is 40.2 Å². The summed E-state index contributed by atoms with van der Waals surface area (Å²) in [5.74, 6) is 1.11. The highest BCUT2D eigenvalue weighted by Crippen LogP contribution is 2.33. The Labute approximate surface area is 106 Å². The summed E-state index contributed by atoms with van der Waals surface area (Å²) in [5, 5.41) is 1.01. The van der Waals surface area contributed by atoms with Crippen LogP contribution in [0.5, 0.6) is 5.75 Å². The lowest BCUT2D eigenvalue weighted by molar-refractivity contribution is 0.287. The Bertz CT molecular complexity index is 396. The van der Waals surface area contributed by atoms with Crippen molar-refractivity contribution >= 4 is 21.5 Å². The molecule has 0 N–H and O–H groups in total. The number of aryl methyl sites for hydroxylation is 1. The van der Waals surface area contributed by atoms with E-state index in [0.29, 0.717) is 0 Å². The zero-order chi connectivity index (χ0) is 11.4. The third-order valence-electron chi connectivity index (χ3n) is 2.92. The smallest absolute Gasteiger partial charge is 0.129 e. The SMILES string of the molecule is C/C(=C/CCBr)c1cccc2c1OCCC2. The Morgan fingerprint density at radius 3 is 3.19 bits per heavy atom. The van der Waals surface area contributed by atoms with Crippen molar-refractivity contribution in [3.05, 3.63) is 35.4 Å². The molecule has 16 heavy (non-hydrogen) atoms. The second-order valence-corrected chi connectivity index (χ2v) is 4.90. The van der Waals surface area contributed by atoms with Crippen molar-refractivity contribution in [2.75, 3.05) is 11.9 Å². The number of benzene rings is 1. The van der Waals surface area contributed by atoms with E-state index in [1.807, 2.05) is 0 Å². The fraction of sp³-hybridized carbons (Fsp3) is 0.429. The van der Waals surface area contributed by atoms with Crippen LogP contribution in [-0.2, 0) is 6.42 Å². The van der Waals surface area contributed by atoms with Crippen molar-refractivity contribution in [3.8, 4) is 5.75 Å². The van der Waals surface area contributed by atoms with E-state index >= 15 is 0 Å². The largest absolute Gasteiger partial charge is 0.493 e. The fourth-order valence-electron chi connectivity index (χ4n) is 2.08. The van der Waals surface area contributed by atoms with E-state index in [0.717, 1.165) is 36.9 Å². The van der Waals surface area contributed by atoms with Gasteiger partial charge in [0.1, 0.15) is 5.75 Å². The molecule has 0 aromatic heterocycles. The number of para-hydroxylation sites is 1. The highest BCUT2D eigenvalue weighted by atomic mass is 79.9. The maximum absolute atomic E-state index is 5.80. The predicted octanol–water partition coefficient (Wildman–Crippen LogP) is 4.20. The molecule has 1 aliphatic heterocycles. The third-order valence-corrected chi connectivity index (χ3v) is 3.38. The number of hydrogen-bond donors (Lipinski definition) is 0. The first kappa shape index (κ1) is 11.7. The summed E-state index contributed by atoms with van der Waals surface area (Å²) in [6, 6.07) is 6.47. The van der Waals surface area contributed by atoms with Crippen molar-refractivity contribution in [1.82, 2.24) is 0 Å². The van der Waals surface area contributed by atoms with Crippen LogP contribution < -0.4 is 4.74 Å². The van der Waals surface area contributed by atoms with Crippen LogP contribution in [0.1, 0.15) is 30.9 Å². The highest BCUT2D eigenvalue weighted by molar-refractivity contribution is 9.09. The number of alkyl halides is 1. The van der Waals surface area contributed by atoms with Crippen LogP contribution >= 0.6 is 15.9 Å². The minimum absolute atomic E-state index is 0.857. The van der Waals surface area contributed by atoms with Gasteiger partial charge in [0, 0.05) is 10.9 Å². The summed E-state index contributed by atoms with van der Waals surface area (Å²) in [6.07, 6.45) is 5.62. The van der Waals surface area contributed by atoms with E-state index in [-0.39, 0.29) is 0 Å². The maximum Gasteiger partial charge on any atom is 0.129 e. The molecule has 2 heteroatoms. The molecule has 2 rings (SSSR count). The molecule has 1 heterocycles. The average Bonchev–Trinajstić information content (AvgIpc) is 2.35. The van der Waals surface area contributed by atoms with Crippen LogP contribution in [0.3, 0.4) is 0 Å². The van der Waals surface area contributed by atoms with Gasteiger partial charge in [0.05, 0.1) is 6.61 Å². The Kier molecular flexibility index (Phi) is 4.05. The molecule has 1 aliphatic rings. The molecule has 0 unspecified atom stereocenters. The summed E-state index contributed by atoms with van der Waals surface area (Å²) in [5.41, 5.74) is 3.94. The van der Waals surface area contributed by atoms with Crippen LogP contribution in [0.15, 0.2) is 24.3 Å². The lowest BCUT2D eigenvalue weighted by atomic mass is 9.98. The monoisotopic (exact) mass is 280 g/mol. The van der Waals surface area contributed by atoms with Gasteiger partial charge in [-0.2, -0.15) is 0 Å². The van der Waals surface area contributed by atoms with E-state index in [2.05, 4.69) is 47.1 Å². The number of halogens is 1. The lowest BCUT2D eigenvalue weighted by Crippen LogP contribution is -2.09. The molecule has 0 saturated carbocycles. The van der Waals surface area contributed by atoms with Crippen LogP contribution in [-0.4, -0.2) is 11.9 Å². The Morgan fingerprint density at radius 2 is 2.38 bits per heavy atom. The van der Waals surface area contributed by atoms with Gasteiger partial charge in [-0.05, 0) is 37.3 Å². The molecule has 0 atom stereocenters. The number of ether oxygens (including phenoxy) is 1.